The first-order chi connectivity index (χ1) is 9.83. The summed E-state index contributed by atoms with van der Waals surface area (Å²) in [6.45, 7) is 2.47. The maximum absolute atomic E-state index is 12.3. The van der Waals surface area contributed by atoms with Crippen LogP contribution in [0.1, 0.15) is 36.2 Å². The first-order valence-corrected chi connectivity index (χ1v) is 7.29. The van der Waals surface area contributed by atoms with Crippen LogP contribution in [-0.4, -0.2) is 53.1 Å². The van der Waals surface area contributed by atoms with E-state index in [0.29, 0.717) is 44.0 Å². The molecule has 20 heavy (non-hydrogen) atoms. The molecule has 1 saturated carbocycles. The summed E-state index contributed by atoms with van der Waals surface area (Å²) >= 11 is 0. The zero-order valence-corrected chi connectivity index (χ0v) is 11.5. The standard InChI is InChI=1S/C14H20N4O2/c19-13(18-7-9-20-10-8-18)12-5-6-15-14(17-12)16-11-3-1-2-4-11/h5-6,11H,1-4,7-10H2,(H,15,16,17). The molecule has 2 heterocycles. The number of aromatic nitrogens is 2. The molecule has 0 aromatic carbocycles. The third-order valence-electron chi connectivity index (χ3n) is 3.86. The molecular weight excluding hydrogens is 256 g/mol. The van der Waals surface area contributed by atoms with Gasteiger partial charge in [0.15, 0.2) is 0 Å². The van der Waals surface area contributed by atoms with Crippen LogP contribution in [0.5, 0.6) is 0 Å². The molecule has 3 rings (SSSR count). The highest BCUT2D eigenvalue weighted by molar-refractivity contribution is 5.92. The number of morpholine rings is 1. The number of amides is 1. The number of anilines is 1. The van der Waals surface area contributed by atoms with Crippen molar-refractivity contribution in [3.63, 3.8) is 0 Å². The van der Waals surface area contributed by atoms with Crippen molar-refractivity contribution >= 4 is 11.9 Å². The van der Waals surface area contributed by atoms with Gasteiger partial charge in [0.1, 0.15) is 5.69 Å². The molecule has 1 N–H and O–H groups in total. The lowest BCUT2D eigenvalue weighted by Gasteiger charge is -2.26. The molecule has 2 aliphatic rings. The van der Waals surface area contributed by atoms with Gasteiger partial charge in [-0.1, -0.05) is 12.8 Å². The zero-order chi connectivity index (χ0) is 13.8. The van der Waals surface area contributed by atoms with Crippen molar-refractivity contribution < 1.29 is 9.53 Å². The predicted molar refractivity (Wildman–Crippen MR) is 74.6 cm³/mol. The van der Waals surface area contributed by atoms with E-state index in [1.54, 1.807) is 17.2 Å². The Hall–Kier alpha value is -1.69. The Balaban J connectivity index is 1.67. The largest absolute Gasteiger partial charge is 0.378 e. The highest BCUT2D eigenvalue weighted by Crippen LogP contribution is 2.20. The molecule has 6 nitrogen and oxygen atoms in total. The molecule has 0 atom stereocenters. The van der Waals surface area contributed by atoms with Crippen LogP contribution in [0.3, 0.4) is 0 Å². The van der Waals surface area contributed by atoms with Gasteiger partial charge in [0, 0.05) is 25.3 Å². The molecule has 0 unspecified atom stereocenters. The fourth-order valence-corrected chi connectivity index (χ4v) is 2.73. The summed E-state index contributed by atoms with van der Waals surface area (Å²) in [4.78, 5) is 22.7. The second-order valence-electron chi connectivity index (χ2n) is 5.30. The third-order valence-corrected chi connectivity index (χ3v) is 3.86. The van der Waals surface area contributed by atoms with E-state index in [2.05, 4.69) is 15.3 Å². The number of carbonyl (C=O) groups excluding carboxylic acids is 1. The molecule has 0 bridgehead atoms. The Labute approximate surface area is 118 Å². The maximum atomic E-state index is 12.3. The normalized spacial score (nSPS) is 20.1. The Bertz CT molecular complexity index is 468. The van der Waals surface area contributed by atoms with Gasteiger partial charge in [-0.15, -0.1) is 0 Å². The lowest BCUT2D eigenvalue weighted by Crippen LogP contribution is -2.41. The SMILES string of the molecule is O=C(c1ccnc(NC2CCCC2)n1)N1CCOCC1. The van der Waals surface area contributed by atoms with Gasteiger partial charge in [-0.3, -0.25) is 4.79 Å². The number of rotatable bonds is 3. The Morgan fingerprint density at radius 1 is 1.30 bits per heavy atom. The van der Waals surface area contributed by atoms with Crippen LogP contribution < -0.4 is 5.32 Å². The molecule has 1 aromatic rings. The van der Waals surface area contributed by atoms with Crippen molar-refractivity contribution in [3.8, 4) is 0 Å². The summed E-state index contributed by atoms with van der Waals surface area (Å²) in [6, 6.07) is 2.13. The smallest absolute Gasteiger partial charge is 0.272 e. The third kappa shape index (κ3) is 3.07. The molecule has 6 heteroatoms. The quantitative estimate of drug-likeness (QED) is 0.901. The number of nitrogens with one attached hydrogen (secondary N) is 1. The Morgan fingerprint density at radius 2 is 2.05 bits per heavy atom. The van der Waals surface area contributed by atoms with Crippen LogP contribution in [0.25, 0.3) is 0 Å². The van der Waals surface area contributed by atoms with Crippen molar-refractivity contribution in [1.29, 1.82) is 0 Å². The minimum atomic E-state index is -0.0369. The van der Waals surface area contributed by atoms with Gasteiger partial charge in [-0.25, -0.2) is 9.97 Å². The highest BCUT2D eigenvalue weighted by atomic mass is 16.5. The maximum Gasteiger partial charge on any atom is 0.272 e. The van der Waals surface area contributed by atoms with E-state index >= 15 is 0 Å². The van der Waals surface area contributed by atoms with Crippen LogP contribution in [0.15, 0.2) is 12.3 Å². The first-order valence-electron chi connectivity index (χ1n) is 7.29. The van der Waals surface area contributed by atoms with Crippen molar-refractivity contribution in [2.24, 2.45) is 0 Å². The van der Waals surface area contributed by atoms with Gasteiger partial charge < -0.3 is 15.0 Å². The highest BCUT2D eigenvalue weighted by Gasteiger charge is 2.21. The summed E-state index contributed by atoms with van der Waals surface area (Å²) in [5.41, 5.74) is 0.461. The van der Waals surface area contributed by atoms with Crippen LogP contribution in [0, 0.1) is 0 Å². The molecule has 1 aromatic heterocycles. The van der Waals surface area contributed by atoms with Crippen LogP contribution in [0.2, 0.25) is 0 Å². The van der Waals surface area contributed by atoms with Gasteiger partial charge in [-0.2, -0.15) is 0 Å². The molecular formula is C14H20N4O2. The van der Waals surface area contributed by atoms with Gasteiger partial charge in [-0.05, 0) is 18.9 Å². The van der Waals surface area contributed by atoms with Gasteiger partial charge in [0.2, 0.25) is 5.95 Å². The zero-order valence-electron chi connectivity index (χ0n) is 11.5. The molecule has 1 aliphatic carbocycles. The summed E-state index contributed by atoms with van der Waals surface area (Å²) in [6.07, 6.45) is 6.47. The number of nitrogens with zero attached hydrogens (tertiary/aromatic N) is 3. The van der Waals surface area contributed by atoms with Crippen molar-refractivity contribution in [2.45, 2.75) is 31.7 Å². The monoisotopic (exact) mass is 276 g/mol. The molecule has 1 saturated heterocycles. The van der Waals surface area contributed by atoms with E-state index in [0.717, 1.165) is 12.8 Å². The predicted octanol–water partition coefficient (Wildman–Crippen LogP) is 1.30. The average Bonchev–Trinajstić information content (AvgIpc) is 3.01. The number of hydrogen-bond acceptors (Lipinski definition) is 5. The molecule has 0 radical (unpaired) electrons. The molecule has 2 fully saturated rings. The molecule has 1 aliphatic heterocycles. The van der Waals surface area contributed by atoms with Crippen molar-refractivity contribution in [3.05, 3.63) is 18.0 Å². The molecule has 108 valence electrons. The second kappa shape index (κ2) is 6.17. The average molecular weight is 276 g/mol. The van der Waals surface area contributed by atoms with E-state index < -0.39 is 0 Å². The van der Waals surface area contributed by atoms with E-state index in [1.165, 1.54) is 12.8 Å². The van der Waals surface area contributed by atoms with E-state index in [-0.39, 0.29) is 5.91 Å². The van der Waals surface area contributed by atoms with Crippen molar-refractivity contribution in [1.82, 2.24) is 14.9 Å². The van der Waals surface area contributed by atoms with Gasteiger partial charge >= 0.3 is 0 Å². The van der Waals surface area contributed by atoms with Crippen LogP contribution >= 0.6 is 0 Å². The second-order valence-corrected chi connectivity index (χ2v) is 5.30. The summed E-state index contributed by atoms with van der Waals surface area (Å²) < 4.78 is 5.26. The fourth-order valence-electron chi connectivity index (χ4n) is 2.73. The summed E-state index contributed by atoms with van der Waals surface area (Å²) in [7, 11) is 0. The lowest BCUT2D eigenvalue weighted by atomic mass is 10.2. The lowest BCUT2D eigenvalue weighted by molar-refractivity contribution is 0.0299. The van der Waals surface area contributed by atoms with E-state index in [9.17, 15) is 4.79 Å². The Kier molecular flexibility index (Phi) is 4.11. The van der Waals surface area contributed by atoms with Crippen LogP contribution in [0.4, 0.5) is 5.95 Å². The van der Waals surface area contributed by atoms with Crippen molar-refractivity contribution in [2.75, 3.05) is 31.6 Å². The minimum Gasteiger partial charge on any atom is -0.378 e. The summed E-state index contributed by atoms with van der Waals surface area (Å²) in [5.74, 6) is 0.529. The van der Waals surface area contributed by atoms with E-state index in [4.69, 9.17) is 4.74 Å². The summed E-state index contributed by atoms with van der Waals surface area (Å²) in [5, 5.41) is 3.32. The number of ether oxygens (including phenoxy) is 1. The number of hydrogen-bond donors (Lipinski definition) is 1. The molecule has 1 amide bonds. The van der Waals surface area contributed by atoms with Crippen LogP contribution in [-0.2, 0) is 4.74 Å². The number of carbonyl (C=O) groups is 1. The Morgan fingerprint density at radius 3 is 2.80 bits per heavy atom. The molecule has 0 spiro atoms. The first kappa shape index (κ1) is 13.3. The van der Waals surface area contributed by atoms with E-state index in [1.807, 2.05) is 0 Å². The van der Waals surface area contributed by atoms with Gasteiger partial charge in [0.25, 0.3) is 5.91 Å². The fraction of sp³-hybridized carbons (Fsp3) is 0.643. The van der Waals surface area contributed by atoms with Gasteiger partial charge in [0.05, 0.1) is 13.2 Å². The minimum absolute atomic E-state index is 0.0369. The topological polar surface area (TPSA) is 67.4 Å².